The molecule has 0 aliphatic carbocycles. The maximum absolute atomic E-state index is 12.2. The monoisotopic (exact) mass is 298 g/mol. The molecule has 0 radical (unpaired) electrons. The van der Waals surface area contributed by atoms with Gasteiger partial charge in [-0.15, -0.1) is 0 Å². The second kappa shape index (κ2) is 8.37. The third kappa shape index (κ3) is 6.04. The van der Waals surface area contributed by atoms with E-state index in [9.17, 15) is 9.59 Å². The molecule has 0 bridgehead atoms. The van der Waals surface area contributed by atoms with Crippen LogP contribution in [0.3, 0.4) is 0 Å². The van der Waals surface area contributed by atoms with E-state index in [-0.39, 0.29) is 24.3 Å². The highest BCUT2D eigenvalue weighted by Crippen LogP contribution is 2.27. The highest BCUT2D eigenvalue weighted by atomic mass is 16.4. The van der Waals surface area contributed by atoms with Crippen LogP contribution in [0.2, 0.25) is 0 Å². The van der Waals surface area contributed by atoms with Crippen molar-refractivity contribution in [2.75, 3.05) is 19.6 Å². The van der Waals surface area contributed by atoms with E-state index in [0.717, 1.165) is 25.9 Å². The van der Waals surface area contributed by atoms with Crippen LogP contribution in [0, 0.1) is 17.8 Å². The Balaban J connectivity index is 2.50. The van der Waals surface area contributed by atoms with Crippen molar-refractivity contribution in [3.05, 3.63) is 0 Å². The largest absolute Gasteiger partial charge is 0.481 e. The zero-order valence-electron chi connectivity index (χ0n) is 13.8. The zero-order chi connectivity index (χ0) is 16.0. The standard InChI is InChI=1S/C16H30N2O3/c1-11(2)9-17-16(21)13(4)18-7-5-6-14(10-18)12(3)8-15(19)20/h11-14H,5-10H2,1-4H3,(H,17,21)(H,19,20). The Morgan fingerprint density at radius 1 is 1.29 bits per heavy atom. The van der Waals surface area contributed by atoms with Gasteiger partial charge in [-0.25, -0.2) is 0 Å². The third-order valence-electron chi connectivity index (χ3n) is 4.40. The van der Waals surface area contributed by atoms with Gasteiger partial charge < -0.3 is 10.4 Å². The van der Waals surface area contributed by atoms with Crippen LogP contribution in [0.15, 0.2) is 0 Å². The number of likely N-dealkylation sites (tertiary alicyclic amines) is 1. The Labute approximate surface area is 128 Å². The number of nitrogens with one attached hydrogen (secondary N) is 1. The summed E-state index contributed by atoms with van der Waals surface area (Å²) >= 11 is 0. The highest BCUT2D eigenvalue weighted by molar-refractivity contribution is 5.81. The van der Waals surface area contributed by atoms with Crippen LogP contribution in [0.25, 0.3) is 0 Å². The molecule has 1 heterocycles. The molecule has 2 N–H and O–H groups in total. The van der Waals surface area contributed by atoms with Crippen molar-refractivity contribution in [1.82, 2.24) is 10.2 Å². The molecule has 1 saturated heterocycles. The fourth-order valence-electron chi connectivity index (χ4n) is 2.92. The number of carboxylic acid groups (broad SMARTS) is 1. The topological polar surface area (TPSA) is 69.6 Å². The van der Waals surface area contributed by atoms with Crippen LogP contribution < -0.4 is 5.32 Å². The number of rotatable bonds is 7. The van der Waals surface area contributed by atoms with Crippen molar-refractivity contribution in [2.24, 2.45) is 17.8 Å². The van der Waals surface area contributed by atoms with Crippen molar-refractivity contribution in [3.8, 4) is 0 Å². The van der Waals surface area contributed by atoms with E-state index >= 15 is 0 Å². The highest BCUT2D eigenvalue weighted by Gasteiger charge is 2.30. The van der Waals surface area contributed by atoms with Crippen LogP contribution in [0.1, 0.15) is 47.0 Å². The maximum atomic E-state index is 12.2. The lowest BCUT2D eigenvalue weighted by Gasteiger charge is -2.38. The summed E-state index contributed by atoms with van der Waals surface area (Å²) in [6, 6.07) is -0.136. The summed E-state index contributed by atoms with van der Waals surface area (Å²) in [5.74, 6) is 0.329. The number of hydrogen-bond acceptors (Lipinski definition) is 3. The average molecular weight is 298 g/mol. The molecule has 1 amide bonds. The summed E-state index contributed by atoms with van der Waals surface area (Å²) in [5.41, 5.74) is 0. The molecule has 0 aromatic carbocycles. The minimum Gasteiger partial charge on any atom is -0.481 e. The zero-order valence-corrected chi connectivity index (χ0v) is 13.8. The van der Waals surface area contributed by atoms with E-state index in [1.807, 2.05) is 13.8 Å². The van der Waals surface area contributed by atoms with Crippen molar-refractivity contribution in [3.63, 3.8) is 0 Å². The van der Waals surface area contributed by atoms with Crippen LogP contribution in [0.5, 0.6) is 0 Å². The van der Waals surface area contributed by atoms with Gasteiger partial charge in [0.15, 0.2) is 0 Å². The number of piperidine rings is 1. The summed E-state index contributed by atoms with van der Waals surface area (Å²) in [5, 5.41) is 11.9. The first kappa shape index (κ1) is 18.0. The maximum Gasteiger partial charge on any atom is 0.303 e. The second-order valence-corrected chi connectivity index (χ2v) is 6.79. The molecular formula is C16H30N2O3. The van der Waals surface area contributed by atoms with Gasteiger partial charge in [-0.1, -0.05) is 20.8 Å². The molecule has 3 unspecified atom stereocenters. The van der Waals surface area contributed by atoms with E-state index in [1.165, 1.54) is 0 Å². The number of carbonyl (C=O) groups is 2. The Morgan fingerprint density at radius 3 is 2.52 bits per heavy atom. The number of nitrogens with zero attached hydrogens (tertiary/aromatic N) is 1. The van der Waals surface area contributed by atoms with Crippen LogP contribution in [-0.4, -0.2) is 47.6 Å². The number of carboxylic acids is 1. The molecule has 5 nitrogen and oxygen atoms in total. The third-order valence-corrected chi connectivity index (χ3v) is 4.40. The van der Waals surface area contributed by atoms with Crippen molar-refractivity contribution in [1.29, 1.82) is 0 Å². The molecule has 3 atom stereocenters. The number of aliphatic carboxylic acids is 1. The molecule has 1 fully saturated rings. The minimum absolute atomic E-state index is 0.0789. The fourth-order valence-corrected chi connectivity index (χ4v) is 2.92. The summed E-state index contributed by atoms with van der Waals surface area (Å²) in [7, 11) is 0. The predicted molar refractivity (Wildman–Crippen MR) is 83.0 cm³/mol. The number of amides is 1. The molecule has 1 aliphatic rings. The van der Waals surface area contributed by atoms with Gasteiger partial charge in [0, 0.05) is 19.5 Å². The normalized spacial score (nSPS) is 22.8. The molecule has 5 heteroatoms. The van der Waals surface area contributed by atoms with Crippen LogP contribution in [-0.2, 0) is 9.59 Å². The first-order chi connectivity index (χ1) is 9.81. The Morgan fingerprint density at radius 2 is 1.95 bits per heavy atom. The van der Waals surface area contributed by atoms with E-state index in [1.54, 1.807) is 0 Å². The lowest BCUT2D eigenvalue weighted by Crippen LogP contribution is -2.50. The molecule has 0 spiro atoms. The Kier molecular flexibility index (Phi) is 7.15. The molecule has 122 valence electrons. The van der Waals surface area contributed by atoms with E-state index in [2.05, 4.69) is 24.1 Å². The summed E-state index contributed by atoms with van der Waals surface area (Å²) < 4.78 is 0. The average Bonchev–Trinajstić information content (AvgIpc) is 2.43. The minimum atomic E-state index is -0.734. The van der Waals surface area contributed by atoms with Gasteiger partial charge in [0.2, 0.25) is 5.91 Å². The quantitative estimate of drug-likeness (QED) is 0.754. The smallest absolute Gasteiger partial charge is 0.303 e. The first-order valence-corrected chi connectivity index (χ1v) is 8.04. The fraction of sp³-hybridized carbons (Fsp3) is 0.875. The van der Waals surface area contributed by atoms with Crippen molar-refractivity contribution >= 4 is 11.9 Å². The Bertz CT molecular complexity index is 357. The van der Waals surface area contributed by atoms with Gasteiger partial charge in [0.25, 0.3) is 0 Å². The Hall–Kier alpha value is -1.10. The summed E-state index contributed by atoms with van der Waals surface area (Å²) in [6.45, 7) is 10.6. The summed E-state index contributed by atoms with van der Waals surface area (Å²) in [6.07, 6.45) is 2.31. The van der Waals surface area contributed by atoms with Gasteiger partial charge >= 0.3 is 5.97 Å². The molecule has 1 rings (SSSR count). The number of hydrogen-bond donors (Lipinski definition) is 2. The van der Waals surface area contributed by atoms with E-state index < -0.39 is 5.97 Å². The SMILES string of the molecule is CC(C)CNC(=O)C(C)N1CCCC(C(C)CC(=O)O)C1. The molecule has 1 aliphatic heterocycles. The first-order valence-electron chi connectivity index (χ1n) is 8.04. The van der Waals surface area contributed by atoms with E-state index in [0.29, 0.717) is 18.4 Å². The lowest BCUT2D eigenvalue weighted by molar-refractivity contribution is -0.139. The van der Waals surface area contributed by atoms with Crippen LogP contribution >= 0.6 is 0 Å². The van der Waals surface area contributed by atoms with Crippen molar-refractivity contribution in [2.45, 2.75) is 53.0 Å². The van der Waals surface area contributed by atoms with Gasteiger partial charge in [0.1, 0.15) is 0 Å². The molecule has 0 aromatic heterocycles. The van der Waals surface area contributed by atoms with Gasteiger partial charge in [-0.2, -0.15) is 0 Å². The predicted octanol–water partition coefficient (Wildman–Crippen LogP) is 1.97. The molecular weight excluding hydrogens is 268 g/mol. The molecule has 21 heavy (non-hydrogen) atoms. The van der Waals surface area contributed by atoms with Crippen LogP contribution in [0.4, 0.5) is 0 Å². The molecule has 0 saturated carbocycles. The second-order valence-electron chi connectivity index (χ2n) is 6.79. The summed E-state index contributed by atoms with van der Waals surface area (Å²) in [4.78, 5) is 25.2. The van der Waals surface area contributed by atoms with Crippen molar-refractivity contribution < 1.29 is 14.7 Å². The molecule has 0 aromatic rings. The van der Waals surface area contributed by atoms with Gasteiger partial charge in [-0.3, -0.25) is 14.5 Å². The van der Waals surface area contributed by atoms with Gasteiger partial charge in [0.05, 0.1) is 6.04 Å². The van der Waals surface area contributed by atoms with Gasteiger partial charge in [-0.05, 0) is 44.1 Å². The lowest BCUT2D eigenvalue weighted by atomic mass is 9.84. The number of carbonyl (C=O) groups excluding carboxylic acids is 1. The van der Waals surface area contributed by atoms with E-state index in [4.69, 9.17) is 5.11 Å².